The second kappa shape index (κ2) is 8.09. The summed E-state index contributed by atoms with van der Waals surface area (Å²) in [6.45, 7) is 10.3. The molecule has 3 aliphatic rings. The van der Waals surface area contributed by atoms with E-state index in [1.807, 2.05) is 65.0 Å². The van der Waals surface area contributed by atoms with Crippen LogP contribution in [0.3, 0.4) is 0 Å². The highest BCUT2D eigenvalue weighted by Crippen LogP contribution is 2.67. The van der Waals surface area contributed by atoms with Crippen molar-refractivity contribution < 1.29 is 19.4 Å². The zero-order valence-electron chi connectivity index (χ0n) is 20.3. The van der Waals surface area contributed by atoms with Gasteiger partial charge in [-0.25, -0.2) is 4.79 Å². The van der Waals surface area contributed by atoms with Crippen LogP contribution in [-0.2, 0) is 10.2 Å². The molecular formula is C27H31ClN2O4. The lowest BCUT2D eigenvalue weighted by Crippen LogP contribution is -2.76. The molecule has 34 heavy (non-hydrogen) atoms. The van der Waals surface area contributed by atoms with Crippen molar-refractivity contribution in [3.63, 3.8) is 0 Å². The number of amides is 1. The lowest BCUT2D eigenvalue weighted by molar-refractivity contribution is -0.170. The number of carbonyl (C=O) groups excluding carboxylic acids is 1. The van der Waals surface area contributed by atoms with Gasteiger partial charge in [-0.3, -0.25) is 0 Å². The van der Waals surface area contributed by atoms with E-state index in [1.54, 1.807) is 12.1 Å². The zero-order valence-corrected chi connectivity index (χ0v) is 21.0. The summed E-state index contributed by atoms with van der Waals surface area (Å²) in [5.74, 6) is 0.601. The minimum absolute atomic E-state index is 0.128. The van der Waals surface area contributed by atoms with Crippen molar-refractivity contribution in [2.45, 2.75) is 70.4 Å². The molecule has 0 unspecified atom stereocenters. The van der Waals surface area contributed by atoms with E-state index in [4.69, 9.17) is 21.1 Å². The number of phenols is 1. The highest BCUT2D eigenvalue weighted by Gasteiger charge is 2.69. The molecule has 0 spiro atoms. The number of aromatic hydroxyl groups is 1. The van der Waals surface area contributed by atoms with E-state index in [1.165, 1.54) is 0 Å². The van der Waals surface area contributed by atoms with E-state index in [9.17, 15) is 15.2 Å². The van der Waals surface area contributed by atoms with Gasteiger partial charge in [0.25, 0.3) is 0 Å². The molecule has 2 aromatic carbocycles. The number of rotatable bonds is 6. The fourth-order valence-electron chi connectivity index (χ4n) is 5.22. The summed E-state index contributed by atoms with van der Waals surface area (Å²) >= 11 is 6.14. The van der Waals surface area contributed by atoms with E-state index in [-0.39, 0.29) is 33.4 Å². The number of benzene rings is 2. The first-order chi connectivity index (χ1) is 15.8. The SMILES string of the molecule is CC(C)(C)OC(=O)NC12CC(COc3ccc(C(C)(C)c4cc(Cl)c(O)c(C#N)c4)cc3)(C1)C2. The predicted octanol–water partition coefficient (Wildman–Crippen LogP) is 6.07. The van der Waals surface area contributed by atoms with Crippen LogP contribution in [0.4, 0.5) is 4.79 Å². The Balaban J connectivity index is 1.34. The number of hydrogen-bond donors (Lipinski definition) is 2. The first-order valence-corrected chi connectivity index (χ1v) is 11.8. The number of nitrogens with zero attached hydrogens (tertiary/aromatic N) is 1. The normalized spacial score (nSPS) is 23.2. The average molecular weight is 483 g/mol. The smallest absolute Gasteiger partial charge is 0.408 e. The molecule has 0 atom stereocenters. The Morgan fingerprint density at radius 3 is 2.29 bits per heavy atom. The van der Waals surface area contributed by atoms with E-state index in [2.05, 4.69) is 5.32 Å². The van der Waals surface area contributed by atoms with Crippen LogP contribution in [-0.4, -0.2) is 28.9 Å². The molecule has 2 bridgehead atoms. The predicted molar refractivity (Wildman–Crippen MR) is 130 cm³/mol. The fourth-order valence-corrected chi connectivity index (χ4v) is 5.44. The topological polar surface area (TPSA) is 91.6 Å². The monoisotopic (exact) mass is 482 g/mol. The van der Waals surface area contributed by atoms with Crippen molar-refractivity contribution in [2.24, 2.45) is 5.41 Å². The van der Waals surface area contributed by atoms with Crippen molar-refractivity contribution >= 4 is 17.7 Å². The molecule has 6 nitrogen and oxygen atoms in total. The second-order valence-electron chi connectivity index (χ2n) is 11.3. The number of nitriles is 1. The van der Waals surface area contributed by atoms with Gasteiger partial charge < -0.3 is 19.9 Å². The Bertz CT molecular complexity index is 1140. The Morgan fingerprint density at radius 2 is 1.74 bits per heavy atom. The average Bonchev–Trinajstić information content (AvgIpc) is 2.69. The molecule has 3 aliphatic carbocycles. The molecule has 3 saturated carbocycles. The molecule has 0 aromatic heterocycles. The quantitative estimate of drug-likeness (QED) is 0.521. The molecular weight excluding hydrogens is 452 g/mol. The summed E-state index contributed by atoms with van der Waals surface area (Å²) in [6, 6.07) is 13.3. The Kier molecular flexibility index (Phi) is 5.77. The van der Waals surface area contributed by atoms with Gasteiger partial charge in [-0.2, -0.15) is 5.26 Å². The number of nitrogens with one attached hydrogen (secondary N) is 1. The van der Waals surface area contributed by atoms with Gasteiger partial charge in [0, 0.05) is 16.4 Å². The van der Waals surface area contributed by atoms with Crippen molar-refractivity contribution in [1.82, 2.24) is 5.32 Å². The molecule has 0 aliphatic heterocycles. The van der Waals surface area contributed by atoms with Gasteiger partial charge in [-0.15, -0.1) is 0 Å². The Morgan fingerprint density at radius 1 is 1.12 bits per heavy atom. The van der Waals surface area contributed by atoms with Crippen molar-refractivity contribution in [3.05, 3.63) is 58.1 Å². The number of halogens is 1. The number of ether oxygens (including phenoxy) is 2. The van der Waals surface area contributed by atoms with E-state index >= 15 is 0 Å². The summed E-state index contributed by atoms with van der Waals surface area (Å²) in [6.07, 6.45) is 2.38. The van der Waals surface area contributed by atoms with Gasteiger partial charge in [-0.1, -0.05) is 37.6 Å². The number of hydrogen-bond acceptors (Lipinski definition) is 5. The van der Waals surface area contributed by atoms with Crippen LogP contribution < -0.4 is 10.1 Å². The van der Waals surface area contributed by atoms with Crippen LogP contribution in [0.5, 0.6) is 11.5 Å². The number of carbonyl (C=O) groups is 1. The maximum Gasteiger partial charge on any atom is 0.408 e. The molecule has 3 fully saturated rings. The largest absolute Gasteiger partial charge is 0.505 e. The van der Waals surface area contributed by atoms with E-state index < -0.39 is 11.0 Å². The third-order valence-electron chi connectivity index (χ3n) is 6.93. The van der Waals surface area contributed by atoms with Crippen molar-refractivity contribution in [2.75, 3.05) is 6.61 Å². The van der Waals surface area contributed by atoms with Gasteiger partial charge in [0.15, 0.2) is 5.75 Å². The first kappa shape index (κ1) is 24.2. The molecule has 1 amide bonds. The number of phenolic OH excluding ortho intramolecular Hbond substituents is 1. The van der Waals surface area contributed by atoms with E-state index in [0.717, 1.165) is 36.1 Å². The summed E-state index contributed by atoms with van der Waals surface area (Å²) in [5, 5.41) is 22.4. The fraction of sp³-hybridized carbons (Fsp3) is 0.481. The van der Waals surface area contributed by atoms with Crippen LogP contribution in [0.2, 0.25) is 5.02 Å². The maximum atomic E-state index is 12.1. The third-order valence-corrected chi connectivity index (χ3v) is 7.22. The molecule has 2 aromatic rings. The Hall–Kier alpha value is -2.91. The Labute approximate surface area is 205 Å². The molecule has 0 heterocycles. The molecule has 7 heteroatoms. The van der Waals surface area contributed by atoms with E-state index in [0.29, 0.717) is 6.61 Å². The highest BCUT2D eigenvalue weighted by molar-refractivity contribution is 6.32. The van der Waals surface area contributed by atoms with Crippen LogP contribution in [0.1, 0.15) is 70.6 Å². The maximum absolute atomic E-state index is 12.1. The van der Waals surface area contributed by atoms with Crippen molar-refractivity contribution in [3.8, 4) is 17.6 Å². The van der Waals surface area contributed by atoms with Gasteiger partial charge >= 0.3 is 6.09 Å². The van der Waals surface area contributed by atoms with Crippen LogP contribution >= 0.6 is 11.6 Å². The lowest BCUT2D eigenvalue weighted by Gasteiger charge is -2.69. The minimum Gasteiger partial charge on any atom is -0.505 e. The summed E-state index contributed by atoms with van der Waals surface area (Å²) < 4.78 is 11.5. The number of alkyl carbamates (subject to hydrolysis) is 1. The molecule has 5 rings (SSSR count). The van der Waals surface area contributed by atoms with Gasteiger partial charge in [0.1, 0.15) is 17.4 Å². The van der Waals surface area contributed by atoms with Crippen LogP contribution in [0.15, 0.2) is 36.4 Å². The molecule has 2 N–H and O–H groups in total. The summed E-state index contributed by atoms with van der Waals surface area (Å²) in [4.78, 5) is 12.1. The summed E-state index contributed by atoms with van der Waals surface area (Å²) in [7, 11) is 0. The van der Waals surface area contributed by atoms with Crippen LogP contribution in [0, 0.1) is 16.7 Å². The zero-order chi connectivity index (χ0) is 24.9. The van der Waals surface area contributed by atoms with Gasteiger partial charge in [0.2, 0.25) is 0 Å². The standard InChI is InChI=1S/C27H31ClN2O4/c1-24(2,3)34-23(32)30-27-13-26(14-27,15-27)16-33-20-8-6-18(7-9-20)25(4,5)19-10-17(12-29)22(31)21(28)11-19/h6-11,31H,13-16H2,1-5H3,(H,30,32). The lowest BCUT2D eigenvalue weighted by atomic mass is 9.39. The molecule has 180 valence electrons. The van der Waals surface area contributed by atoms with Crippen molar-refractivity contribution in [1.29, 1.82) is 5.26 Å². The first-order valence-electron chi connectivity index (χ1n) is 11.4. The van der Waals surface area contributed by atoms with Gasteiger partial charge in [0.05, 0.1) is 17.2 Å². The van der Waals surface area contributed by atoms with Gasteiger partial charge in [-0.05, 0) is 75.4 Å². The molecule has 0 saturated heterocycles. The third kappa shape index (κ3) is 4.54. The molecule has 0 radical (unpaired) electrons. The minimum atomic E-state index is -0.498. The summed E-state index contributed by atoms with van der Waals surface area (Å²) in [5.41, 5.74) is 1.12. The second-order valence-corrected chi connectivity index (χ2v) is 11.7. The highest BCUT2D eigenvalue weighted by atomic mass is 35.5. The van der Waals surface area contributed by atoms with Crippen LogP contribution in [0.25, 0.3) is 0 Å².